The van der Waals surface area contributed by atoms with E-state index < -0.39 is 17.2 Å². The molecule has 0 saturated heterocycles. The lowest BCUT2D eigenvalue weighted by molar-refractivity contribution is -0.116. The molecule has 0 fully saturated rings. The number of carbonyl (C=O) groups excluding carboxylic acids is 1. The van der Waals surface area contributed by atoms with E-state index in [1.807, 2.05) is 19.9 Å². The molecule has 8 heteroatoms. The van der Waals surface area contributed by atoms with Crippen LogP contribution in [0.4, 0.5) is 5.69 Å². The number of aryl methyl sites for hydroxylation is 2. The van der Waals surface area contributed by atoms with Crippen molar-refractivity contribution in [1.82, 2.24) is 9.13 Å². The van der Waals surface area contributed by atoms with Crippen molar-refractivity contribution in [2.24, 2.45) is 0 Å². The zero-order valence-electron chi connectivity index (χ0n) is 19.4. The lowest BCUT2D eigenvalue weighted by Gasteiger charge is -2.15. The van der Waals surface area contributed by atoms with E-state index in [2.05, 4.69) is 5.32 Å². The fraction of sp³-hybridized carbons (Fsp3) is 0.192. The molecule has 1 N–H and O–H groups in total. The lowest BCUT2D eigenvalue weighted by atomic mass is 10.1. The number of amides is 1. The lowest BCUT2D eigenvalue weighted by Crippen LogP contribution is -2.40. The number of hydrogen-bond donors (Lipinski definition) is 1. The molecule has 1 aromatic heterocycles. The maximum atomic E-state index is 13.5. The number of fused-ring (bicyclic) bond motifs is 1. The molecule has 1 amide bonds. The Labute approximate surface area is 196 Å². The number of benzene rings is 3. The van der Waals surface area contributed by atoms with Crippen LogP contribution >= 0.6 is 0 Å². The molecule has 34 heavy (non-hydrogen) atoms. The quantitative estimate of drug-likeness (QED) is 0.477. The predicted molar refractivity (Wildman–Crippen MR) is 131 cm³/mol. The van der Waals surface area contributed by atoms with Crippen molar-refractivity contribution >= 4 is 22.5 Å². The maximum absolute atomic E-state index is 13.5. The Hall–Kier alpha value is -4.33. The molecule has 174 valence electrons. The molecule has 0 unspecified atom stereocenters. The van der Waals surface area contributed by atoms with Crippen LogP contribution in [0.3, 0.4) is 0 Å². The van der Waals surface area contributed by atoms with Crippen LogP contribution in [-0.2, 0) is 11.3 Å². The van der Waals surface area contributed by atoms with Gasteiger partial charge in [-0.15, -0.1) is 0 Å². The third kappa shape index (κ3) is 4.17. The highest BCUT2D eigenvalue weighted by atomic mass is 16.5. The fourth-order valence-corrected chi connectivity index (χ4v) is 3.82. The molecule has 0 saturated carbocycles. The van der Waals surface area contributed by atoms with Gasteiger partial charge in [0.15, 0.2) is 11.5 Å². The van der Waals surface area contributed by atoms with Crippen molar-refractivity contribution in [2.45, 2.75) is 20.4 Å². The number of nitrogens with one attached hydrogen (secondary N) is 1. The summed E-state index contributed by atoms with van der Waals surface area (Å²) < 4.78 is 12.9. The number of methoxy groups -OCH3 is 2. The van der Waals surface area contributed by atoms with Crippen LogP contribution in [0.1, 0.15) is 11.1 Å². The summed E-state index contributed by atoms with van der Waals surface area (Å²) in [4.78, 5) is 39.6. The Morgan fingerprint density at radius 2 is 1.62 bits per heavy atom. The number of para-hydroxylation sites is 1. The highest BCUT2D eigenvalue weighted by Crippen LogP contribution is 2.29. The summed E-state index contributed by atoms with van der Waals surface area (Å²) in [6, 6.07) is 17.1. The summed E-state index contributed by atoms with van der Waals surface area (Å²) >= 11 is 0. The van der Waals surface area contributed by atoms with Crippen LogP contribution in [-0.4, -0.2) is 29.3 Å². The molecule has 4 aromatic rings. The van der Waals surface area contributed by atoms with Crippen LogP contribution in [0.5, 0.6) is 11.5 Å². The largest absolute Gasteiger partial charge is 0.493 e. The monoisotopic (exact) mass is 459 g/mol. The predicted octanol–water partition coefficient (Wildman–Crippen LogP) is 3.43. The van der Waals surface area contributed by atoms with Crippen molar-refractivity contribution < 1.29 is 14.3 Å². The summed E-state index contributed by atoms with van der Waals surface area (Å²) in [5.41, 5.74) is 2.32. The van der Waals surface area contributed by atoms with E-state index in [1.165, 1.54) is 18.8 Å². The number of rotatable bonds is 6. The molecule has 3 aromatic carbocycles. The molecule has 4 rings (SSSR count). The van der Waals surface area contributed by atoms with Gasteiger partial charge in [-0.1, -0.05) is 18.2 Å². The van der Waals surface area contributed by atoms with Crippen molar-refractivity contribution in [1.29, 1.82) is 0 Å². The van der Waals surface area contributed by atoms with Gasteiger partial charge in [-0.25, -0.2) is 9.36 Å². The number of hydrogen-bond acceptors (Lipinski definition) is 5. The third-order valence-corrected chi connectivity index (χ3v) is 5.77. The second kappa shape index (κ2) is 9.27. The Balaban J connectivity index is 1.78. The summed E-state index contributed by atoms with van der Waals surface area (Å²) in [5.74, 6) is 0.569. The van der Waals surface area contributed by atoms with E-state index in [4.69, 9.17) is 9.47 Å². The Bertz CT molecular complexity index is 1520. The third-order valence-electron chi connectivity index (χ3n) is 5.77. The maximum Gasteiger partial charge on any atom is 0.336 e. The first kappa shape index (κ1) is 22.8. The minimum absolute atomic E-state index is 0.279. The Kier molecular flexibility index (Phi) is 6.23. The SMILES string of the molecule is COc1ccc(NC(=O)Cn2c(=O)n(-c3ccc(C)c(C)c3)c(=O)c3ccccc32)cc1OC. The zero-order valence-corrected chi connectivity index (χ0v) is 19.4. The Morgan fingerprint density at radius 1 is 0.882 bits per heavy atom. The minimum Gasteiger partial charge on any atom is -0.493 e. The summed E-state index contributed by atoms with van der Waals surface area (Å²) in [6.45, 7) is 3.60. The molecular weight excluding hydrogens is 434 g/mol. The first-order chi connectivity index (χ1) is 16.3. The van der Waals surface area contributed by atoms with E-state index in [0.29, 0.717) is 33.8 Å². The van der Waals surface area contributed by atoms with Crippen LogP contribution < -0.4 is 26.0 Å². The van der Waals surface area contributed by atoms with Crippen LogP contribution in [0.2, 0.25) is 0 Å². The highest BCUT2D eigenvalue weighted by molar-refractivity contribution is 5.92. The molecule has 1 heterocycles. The first-order valence-electron chi connectivity index (χ1n) is 10.7. The summed E-state index contributed by atoms with van der Waals surface area (Å²) in [6.07, 6.45) is 0. The molecule has 0 bridgehead atoms. The van der Waals surface area contributed by atoms with Crippen LogP contribution in [0, 0.1) is 13.8 Å². The van der Waals surface area contributed by atoms with Gasteiger partial charge < -0.3 is 14.8 Å². The first-order valence-corrected chi connectivity index (χ1v) is 10.7. The summed E-state index contributed by atoms with van der Waals surface area (Å²) in [5, 5.41) is 3.12. The Morgan fingerprint density at radius 3 is 2.32 bits per heavy atom. The molecule has 0 atom stereocenters. The fourth-order valence-electron chi connectivity index (χ4n) is 3.82. The van der Waals surface area contributed by atoms with E-state index in [0.717, 1.165) is 15.7 Å². The van der Waals surface area contributed by atoms with Crippen molar-refractivity contribution in [2.75, 3.05) is 19.5 Å². The summed E-state index contributed by atoms with van der Waals surface area (Å²) in [7, 11) is 3.03. The van der Waals surface area contributed by atoms with Gasteiger partial charge in [-0.2, -0.15) is 0 Å². The average Bonchev–Trinajstić information content (AvgIpc) is 2.84. The van der Waals surface area contributed by atoms with Crippen molar-refractivity contribution in [3.63, 3.8) is 0 Å². The minimum atomic E-state index is -0.589. The van der Waals surface area contributed by atoms with Gasteiger partial charge >= 0.3 is 5.69 Å². The van der Waals surface area contributed by atoms with Gasteiger partial charge in [0.1, 0.15) is 6.54 Å². The highest BCUT2D eigenvalue weighted by Gasteiger charge is 2.17. The standard InChI is InChI=1S/C26H25N3O5/c1-16-9-11-19(13-17(16)2)29-25(31)20-7-5-6-8-21(20)28(26(29)32)15-24(30)27-18-10-12-22(33-3)23(14-18)34-4/h5-14H,15H2,1-4H3,(H,27,30). The molecular formula is C26H25N3O5. The average molecular weight is 460 g/mol. The molecule has 0 spiro atoms. The van der Waals surface area contributed by atoms with Gasteiger partial charge in [0.05, 0.1) is 30.8 Å². The topological polar surface area (TPSA) is 91.6 Å². The normalized spacial score (nSPS) is 10.8. The van der Waals surface area contributed by atoms with Crippen LogP contribution in [0.15, 0.2) is 70.3 Å². The number of nitrogens with zero attached hydrogens (tertiary/aromatic N) is 2. The zero-order chi connectivity index (χ0) is 24.4. The molecule has 0 aliphatic rings. The number of aromatic nitrogens is 2. The molecule has 0 aliphatic heterocycles. The van der Waals surface area contributed by atoms with Gasteiger partial charge in [-0.05, 0) is 61.4 Å². The second-order valence-corrected chi connectivity index (χ2v) is 7.91. The van der Waals surface area contributed by atoms with Crippen molar-refractivity contribution in [3.05, 3.63) is 92.6 Å². The van der Waals surface area contributed by atoms with E-state index in [9.17, 15) is 14.4 Å². The second-order valence-electron chi connectivity index (χ2n) is 7.91. The van der Waals surface area contributed by atoms with E-state index >= 15 is 0 Å². The van der Waals surface area contributed by atoms with Gasteiger partial charge in [0.25, 0.3) is 5.56 Å². The molecule has 0 aliphatic carbocycles. The van der Waals surface area contributed by atoms with Crippen molar-refractivity contribution in [3.8, 4) is 17.2 Å². The molecule has 8 nitrogen and oxygen atoms in total. The van der Waals surface area contributed by atoms with Gasteiger partial charge in [0.2, 0.25) is 5.91 Å². The van der Waals surface area contributed by atoms with E-state index in [-0.39, 0.29) is 6.54 Å². The van der Waals surface area contributed by atoms with Crippen LogP contribution in [0.25, 0.3) is 16.6 Å². The van der Waals surface area contributed by atoms with Gasteiger partial charge in [0, 0.05) is 11.8 Å². The van der Waals surface area contributed by atoms with E-state index in [1.54, 1.807) is 54.6 Å². The smallest absolute Gasteiger partial charge is 0.336 e. The number of anilines is 1. The molecule has 0 radical (unpaired) electrons. The van der Waals surface area contributed by atoms with Gasteiger partial charge in [-0.3, -0.25) is 14.2 Å². The number of carbonyl (C=O) groups is 1. The number of ether oxygens (including phenoxy) is 2.